The van der Waals surface area contributed by atoms with Crippen molar-refractivity contribution >= 4 is 5.91 Å². The van der Waals surface area contributed by atoms with Crippen molar-refractivity contribution in [2.75, 3.05) is 13.2 Å². The fourth-order valence-electron chi connectivity index (χ4n) is 3.56. The first-order valence-electron chi connectivity index (χ1n) is 9.24. The van der Waals surface area contributed by atoms with Crippen molar-refractivity contribution in [1.82, 2.24) is 20.1 Å². The highest BCUT2D eigenvalue weighted by molar-refractivity contribution is 5.92. The summed E-state index contributed by atoms with van der Waals surface area (Å²) >= 11 is 0. The standard InChI is InChI=1S/C20H28N4O2/c1-12(2)15-6-7-17(21-10-15)20(25)22-11-16-8-9-26-19(16)18-13(3)23-24(5)14(18)4/h6-7,10,12,16,19H,8-9,11H2,1-5H3,(H,22,25)/t16-,19+/m0/s1. The van der Waals surface area contributed by atoms with Crippen LogP contribution < -0.4 is 5.32 Å². The van der Waals surface area contributed by atoms with Crippen molar-refractivity contribution in [2.45, 2.75) is 46.1 Å². The number of ether oxygens (including phenoxy) is 1. The van der Waals surface area contributed by atoms with Crippen LogP contribution >= 0.6 is 0 Å². The van der Waals surface area contributed by atoms with Gasteiger partial charge in [0.25, 0.3) is 5.91 Å². The number of aryl methyl sites for hydroxylation is 2. The van der Waals surface area contributed by atoms with Crippen molar-refractivity contribution in [2.24, 2.45) is 13.0 Å². The van der Waals surface area contributed by atoms with E-state index in [-0.39, 0.29) is 17.9 Å². The van der Waals surface area contributed by atoms with E-state index in [1.165, 1.54) is 0 Å². The second-order valence-electron chi connectivity index (χ2n) is 7.39. The lowest BCUT2D eigenvalue weighted by Crippen LogP contribution is -2.31. The van der Waals surface area contributed by atoms with Crippen molar-refractivity contribution < 1.29 is 9.53 Å². The Morgan fingerprint density at radius 2 is 2.15 bits per heavy atom. The van der Waals surface area contributed by atoms with Gasteiger partial charge in [-0.25, -0.2) is 0 Å². The molecule has 0 unspecified atom stereocenters. The van der Waals surface area contributed by atoms with Crippen LogP contribution in [0.2, 0.25) is 0 Å². The average Bonchev–Trinajstić information content (AvgIpc) is 3.16. The van der Waals surface area contributed by atoms with E-state index < -0.39 is 0 Å². The Balaban J connectivity index is 1.65. The molecule has 2 atom stereocenters. The molecule has 1 aliphatic rings. The number of hydrogen-bond donors (Lipinski definition) is 1. The molecule has 0 saturated carbocycles. The maximum absolute atomic E-state index is 12.4. The molecule has 0 aliphatic carbocycles. The number of hydrogen-bond acceptors (Lipinski definition) is 4. The number of carbonyl (C=O) groups excluding carboxylic acids is 1. The molecule has 6 nitrogen and oxygen atoms in total. The van der Waals surface area contributed by atoms with Crippen LogP contribution in [-0.4, -0.2) is 33.8 Å². The van der Waals surface area contributed by atoms with Gasteiger partial charge in [-0.15, -0.1) is 0 Å². The molecule has 1 fully saturated rings. The number of amides is 1. The molecule has 1 saturated heterocycles. The molecule has 26 heavy (non-hydrogen) atoms. The third-order valence-electron chi connectivity index (χ3n) is 5.27. The van der Waals surface area contributed by atoms with Gasteiger partial charge < -0.3 is 10.1 Å². The van der Waals surface area contributed by atoms with Crippen molar-refractivity contribution in [1.29, 1.82) is 0 Å². The maximum Gasteiger partial charge on any atom is 0.269 e. The second kappa shape index (κ2) is 7.58. The fourth-order valence-corrected chi connectivity index (χ4v) is 3.56. The highest BCUT2D eigenvalue weighted by Crippen LogP contribution is 2.37. The molecule has 0 aromatic carbocycles. The third-order valence-corrected chi connectivity index (χ3v) is 5.27. The summed E-state index contributed by atoms with van der Waals surface area (Å²) in [6.45, 7) is 9.58. The Hall–Kier alpha value is -2.21. The summed E-state index contributed by atoms with van der Waals surface area (Å²) < 4.78 is 7.88. The van der Waals surface area contributed by atoms with Crippen LogP contribution in [0.25, 0.3) is 0 Å². The van der Waals surface area contributed by atoms with Gasteiger partial charge in [-0.3, -0.25) is 14.5 Å². The Labute approximate surface area is 155 Å². The van der Waals surface area contributed by atoms with Crippen LogP contribution in [-0.2, 0) is 11.8 Å². The monoisotopic (exact) mass is 356 g/mol. The number of carbonyl (C=O) groups is 1. The first-order chi connectivity index (χ1) is 12.4. The lowest BCUT2D eigenvalue weighted by atomic mass is 9.94. The SMILES string of the molecule is Cc1nn(C)c(C)c1[C@@H]1OCC[C@H]1CNC(=O)c1ccc(C(C)C)cn1. The largest absolute Gasteiger partial charge is 0.373 e. The molecule has 2 aromatic heterocycles. The number of aromatic nitrogens is 3. The molecule has 3 heterocycles. The minimum absolute atomic E-state index is 0.0136. The van der Waals surface area contributed by atoms with Gasteiger partial charge in [-0.1, -0.05) is 19.9 Å². The summed E-state index contributed by atoms with van der Waals surface area (Å²) in [4.78, 5) is 16.7. The van der Waals surface area contributed by atoms with Crippen LogP contribution in [0.4, 0.5) is 0 Å². The van der Waals surface area contributed by atoms with Gasteiger partial charge in [-0.05, 0) is 37.8 Å². The van der Waals surface area contributed by atoms with Crippen LogP contribution in [0.15, 0.2) is 18.3 Å². The van der Waals surface area contributed by atoms with Gasteiger partial charge in [0, 0.05) is 43.6 Å². The molecular formula is C20H28N4O2. The van der Waals surface area contributed by atoms with Gasteiger partial charge >= 0.3 is 0 Å². The predicted molar refractivity (Wildman–Crippen MR) is 100 cm³/mol. The van der Waals surface area contributed by atoms with E-state index in [0.29, 0.717) is 24.8 Å². The van der Waals surface area contributed by atoms with E-state index in [9.17, 15) is 4.79 Å². The van der Waals surface area contributed by atoms with Gasteiger partial charge in [0.1, 0.15) is 5.69 Å². The van der Waals surface area contributed by atoms with E-state index in [4.69, 9.17) is 4.74 Å². The normalized spacial score (nSPS) is 19.9. The van der Waals surface area contributed by atoms with Crippen molar-refractivity contribution in [3.05, 3.63) is 46.5 Å². The minimum atomic E-state index is -0.134. The van der Waals surface area contributed by atoms with Crippen LogP contribution in [0, 0.1) is 19.8 Å². The topological polar surface area (TPSA) is 69.0 Å². The average molecular weight is 356 g/mol. The fraction of sp³-hybridized carbons (Fsp3) is 0.550. The molecule has 1 amide bonds. The Morgan fingerprint density at radius 3 is 2.73 bits per heavy atom. The smallest absolute Gasteiger partial charge is 0.269 e. The number of nitrogens with one attached hydrogen (secondary N) is 1. The second-order valence-corrected chi connectivity index (χ2v) is 7.39. The molecular weight excluding hydrogens is 328 g/mol. The van der Waals surface area contributed by atoms with Crippen LogP contribution in [0.5, 0.6) is 0 Å². The molecule has 3 rings (SSSR count). The lowest BCUT2D eigenvalue weighted by molar-refractivity contribution is 0.0837. The first-order valence-corrected chi connectivity index (χ1v) is 9.24. The Kier molecular flexibility index (Phi) is 5.41. The van der Waals surface area contributed by atoms with Gasteiger partial charge in [0.2, 0.25) is 0 Å². The molecule has 2 aromatic rings. The summed E-state index contributed by atoms with van der Waals surface area (Å²) in [6.07, 6.45) is 2.70. The zero-order valence-electron chi connectivity index (χ0n) is 16.2. The highest BCUT2D eigenvalue weighted by atomic mass is 16.5. The lowest BCUT2D eigenvalue weighted by Gasteiger charge is -2.19. The molecule has 140 valence electrons. The predicted octanol–water partition coefficient (Wildman–Crippen LogP) is 3.06. The van der Waals surface area contributed by atoms with Gasteiger partial charge in [0.15, 0.2) is 0 Å². The first kappa shape index (κ1) is 18.6. The molecule has 1 N–H and O–H groups in total. The summed E-state index contributed by atoms with van der Waals surface area (Å²) in [5.41, 5.74) is 4.87. The minimum Gasteiger partial charge on any atom is -0.373 e. The van der Waals surface area contributed by atoms with Gasteiger partial charge in [-0.2, -0.15) is 5.10 Å². The quantitative estimate of drug-likeness (QED) is 0.894. The van der Waals surface area contributed by atoms with Crippen molar-refractivity contribution in [3.63, 3.8) is 0 Å². The highest BCUT2D eigenvalue weighted by Gasteiger charge is 2.33. The van der Waals surface area contributed by atoms with E-state index in [1.54, 1.807) is 12.3 Å². The summed E-state index contributed by atoms with van der Waals surface area (Å²) in [6, 6.07) is 3.76. The van der Waals surface area contributed by atoms with E-state index in [1.807, 2.05) is 24.7 Å². The molecule has 0 spiro atoms. The molecule has 6 heteroatoms. The summed E-state index contributed by atoms with van der Waals surface area (Å²) in [5.74, 6) is 0.517. The van der Waals surface area contributed by atoms with E-state index >= 15 is 0 Å². The van der Waals surface area contributed by atoms with Crippen molar-refractivity contribution in [3.8, 4) is 0 Å². The number of pyridine rings is 1. The summed E-state index contributed by atoms with van der Waals surface area (Å²) in [5, 5.41) is 7.52. The Bertz CT molecular complexity index is 780. The zero-order valence-corrected chi connectivity index (χ0v) is 16.2. The van der Waals surface area contributed by atoms with Crippen LogP contribution in [0.1, 0.15) is 65.3 Å². The van der Waals surface area contributed by atoms with Crippen LogP contribution in [0.3, 0.4) is 0 Å². The van der Waals surface area contributed by atoms with Gasteiger partial charge in [0.05, 0.1) is 11.8 Å². The maximum atomic E-state index is 12.4. The Morgan fingerprint density at radius 1 is 1.38 bits per heavy atom. The number of nitrogens with zero attached hydrogens (tertiary/aromatic N) is 3. The van der Waals surface area contributed by atoms with E-state index in [2.05, 4.69) is 36.2 Å². The molecule has 1 aliphatic heterocycles. The number of rotatable bonds is 5. The molecule has 0 bridgehead atoms. The summed E-state index contributed by atoms with van der Waals surface area (Å²) in [7, 11) is 1.95. The van der Waals surface area contributed by atoms with E-state index in [0.717, 1.165) is 28.9 Å². The third kappa shape index (κ3) is 3.65. The molecule has 0 radical (unpaired) electrons. The zero-order chi connectivity index (χ0) is 18.8.